The Kier molecular flexibility index (Phi) is 9.64. The number of nitrogens with one attached hydrogen (secondary N) is 1. The van der Waals surface area contributed by atoms with Crippen molar-refractivity contribution in [3.63, 3.8) is 0 Å². The lowest BCUT2D eigenvalue weighted by Crippen LogP contribution is -2.37. The fourth-order valence-electron chi connectivity index (χ4n) is 4.75. The van der Waals surface area contributed by atoms with Gasteiger partial charge in [-0.2, -0.15) is 13.2 Å². The van der Waals surface area contributed by atoms with Crippen LogP contribution in [0.4, 0.5) is 13.2 Å². The second-order valence-electron chi connectivity index (χ2n) is 10.3. The molecule has 3 aromatic carbocycles. The van der Waals surface area contributed by atoms with E-state index in [0.717, 1.165) is 74.3 Å². The molecule has 1 aliphatic heterocycles. The largest absolute Gasteiger partial charge is 0.490 e. The number of nitrogens with zero attached hydrogens (tertiary/aromatic N) is 2. The van der Waals surface area contributed by atoms with Gasteiger partial charge in [0.25, 0.3) is 5.91 Å². The van der Waals surface area contributed by atoms with E-state index in [1.165, 1.54) is 12.1 Å². The molecule has 39 heavy (non-hydrogen) atoms. The van der Waals surface area contributed by atoms with Crippen LogP contribution in [0.1, 0.15) is 40.7 Å². The molecule has 1 N–H and O–H groups in total. The fraction of sp³-hybridized carbons (Fsp3) is 0.387. The van der Waals surface area contributed by atoms with Crippen molar-refractivity contribution in [3.05, 3.63) is 89.5 Å². The lowest BCUT2D eigenvalue weighted by molar-refractivity contribution is -0.137. The summed E-state index contributed by atoms with van der Waals surface area (Å²) in [6.07, 6.45) is -1.61. The minimum Gasteiger partial charge on any atom is -0.490 e. The molecule has 208 valence electrons. The van der Waals surface area contributed by atoms with Crippen LogP contribution in [0.25, 0.3) is 11.1 Å². The van der Waals surface area contributed by atoms with Gasteiger partial charge in [0.1, 0.15) is 11.9 Å². The van der Waals surface area contributed by atoms with Gasteiger partial charge in [0.15, 0.2) is 0 Å². The Hall–Kier alpha value is -3.36. The van der Waals surface area contributed by atoms with Crippen molar-refractivity contribution in [2.75, 3.05) is 40.3 Å². The predicted octanol–water partition coefficient (Wildman–Crippen LogP) is 6.10. The zero-order valence-corrected chi connectivity index (χ0v) is 22.5. The predicted molar refractivity (Wildman–Crippen MR) is 148 cm³/mol. The molecule has 0 aliphatic carbocycles. The number of halogens is 3. The van der Waals surface area contributed by atoms with E-state index in [4.69, 9.17) is 4.74 Å². The third kappa shape index (κ3) is 8.57. The topological polar surface area (TPSA) is 44.8 Å². The molecule has 0 atom stereocenters. The molecule has 1 heterocycles. The highest BCUT2D eigenvalue weighted by Crippen LogP contribution is 2.31. The van der Waals surface area contributed by atoms with Gasteiger partial charge in [-0.1, -0.05) is 36.4 Å². The third-order valence-corrected chi connectivity index (χ3v) is 6.88. The first-order valence-electron chi connectivity index (χ1n) is 13.4. The number of piperidine rings is 1. The quantitative estimate of drug-likeness (QED) is 0.317. The SMILES string of the molecule is CN(C)CCCNC(=O)c1cccc(OC2CCN(Cc3cccc(-c4ccc(C(F)(F)F)cc4)c3)CC2)c1. The molecule has 0 bridgehead atoms. The number of ether oxygens (including phenoxy) is 1. The van der Waals surface area contributed by atoms with Crippen molar-refractivity contribution in [2.45, 2.75) is 38.1 Å². The van der Waals surface area contributed by atoms with E-state index in [9.17, 15) is 18.0 Å². The molecular formula is C31H36F3N3O2. The molecule has 0 saturated carbocycles. The van der Waals surface area contributed by atoms with E-state index in [0.29, 0.717) is 17.9 Å². The highest BCUT2D eigenvalue weighted by atomic mass is 19.4. The lowest BCUT2D eigenvalue weighted by Gasteiger charge is -2.32. The lowest BCUT2D eigenvalue weighted by atomic mass is 10.0. The molecule has 4 rings (SSSR count). The Morgan fingerprint density at radius 1 is 0.974 bits per heavy atom. The van der Waals surface area contributed by atoms with Crippen LogP contribution in [0, 0.1) is 0 Å². The van der Waals surface area contributed by atoms with E-state index in [2.05, 4.69) is 15.1 Å². The zero-order valence-electron chi connectivity index (χ0n) is 22.5. The summed E-state index contributed by atoms with van der Waals surface area (Å²) in [7, 11) is 4.02. The minimum absolute atomic E-state index is 0.0816. The Balaban J connectivity index is 1.26. The van der Waals surface area contributed by atoms with Crippen molar-refractivity contribution in [3.8, 4) is 16.9 Å². The van der Waals surface area contributed by atoms with Gasteiger partial charge >= 0.3 is 6.18 Å². The number of likely N-dealkylation sites (tertiary alicyclic amines) is 1. The number of hydrogen-bond acceptors (Lipinski definition) is 4. The molecule has 5 nitrogen and oxygen atoms in total. The maximum absolute atomic E-state index is 12.9. The van der Waals surface area contributed by atoms with Gasteiger partial charge < -0.3 is 15.0 Å². The summed E-state index contributed by atoms with van der Waals surface area (Å²) in [4.78, 5) is 16.9. The summed E-state index contributed by atoms with van der Waals surface area (Å²) in [5.41, 5.74) is 2.75. The van der Waals surface area contributed by atoms with Crippen LogP contribution in [0.5, 0.6) is 5.75 Å². The first-order valence-corrected chi connectivity index (χ1v) is 13.4. The number of carbonyl (C=O) groups is 1. The van der Waals surface area contributed by atoms with Crippen LogP contribution in [0.3, 0.4) is 0 Å². The average molecular weight is 540 g/mol. The van der Waals surface area contributed by atoms with Crippen molar-refractivity contribution in [1.29, 1.82) is 0 Å². The first-order chi connectivity index (χ1) is 18.7. The van der Waals surface area contributed by atoms with E-state index in [1.54, 1.807) is 12.1 Å². The highest BCUT2D eigenvalue weighted by Gasteiger charge is 2.30. The fourth-order valence-corrected chi connectivity index (χ4v) is 4.75. The van der Waals surface area contributed by atoms with Gasteiger partial charge in [-0.3, -0.25) is 9.69 Å². The molecule has 1 saturated heterocycles. The van der Waals surface area contributed by atoms with Crippen LogP contribution >= 0.6 is 0 Å². The van der Waals surface area contributed by atoms with Crippen molar-refractivity contribution >= 4 is 5.91 Å². The maximum Gasteiger partial charge on any atom is 0.416 e. The molecule has 1 aliphatic rings. The van der Waals surface area contributed by atoms with Crippen molar-refractivity contribution < 1.29 is 22.7 Å². The van der Waals surface area contributed by atoms with Crippen LogP contribution in [-0.2, 0) is 12.7 Å². The third-order valence-electron chi connectivity index (χ3n) is 6.88. The Bertz CT molecular complexity index is 1220. The van der Waals surface area contributed by atoms with Crippen LogP contribution in [-0.4, -0.2) is 62.1 Å². The summed E-state index contributed by atoms with van der Waals surface area (Å²) in [5, 5.41) is 2.96. The maximum atomic E-state index is 12.9. The van der Waals surface area contributed by atoms with Crippen molar-refractivity contribution in [2.24, 2.45) is 0 Å². The first kappa shape index (κ1) is 28.6. The van der Waals surface area contributed by atoms with Crippen molar-refractivity contribution in [1.82, 2.24) is 15.1 Å². The van der Waals surface area contributed by atoms with Gasteiger partial charge in [-0.25, -0.2) is 0 Å². The second kappa shape index (κ2) is 13.1. The molecule has 8 heteroatoms. The number of benzene rings is 3. The molecule has 0 aromatic heterocycles. The standard InChI is InChI=1S/C31H36F3N3O2/c1-36(2)17-5-16-35-30(38)26-8-4-9-29(21-26)39-28-14-18-37(19-15-28)22-23-6-3-7-25(20-23)24-10-12-27(13-11-24)31(32,33)34/h3-4,6-13,20-21,28H,5,14-19,22H2,1-2H3,(H,35,38). The smallest absolute Gasteiger partial charge is 0.416 e. The van der Waals surface area contributed by atoms with Gasteiger partial charge in [0, 0.05) is 31.7 Å². The van der Waals surface area contributed by atoms with Crippen LogP contribution in [0.15, 0.2) is 72.8 Å². The summed E-state index contributed by atoms with van der Waals surface area (Å²) in [6, 6.07) is 20.6. The monoisotopic (exact) mass is 539 g/mol. The molecule has 1 amide bonds. The van der Waals surface area contributed by atoms with Gasteiger partial charge in [0.2, 0.25) is 0 Å². The molecule has 0 unspecified atom stereocenters. The summed E-state index contributed by atoms with van der Waals surface area (Å²) < 4.78 is 44.9. The zero-order chi connectivity index (χ0) is 27.8. The summed E-state index contributed by atoms with van der Waals surface area (Å²) >= 11 is 0. The normalized spacial score (nSPS) is 14.9. The summed E-state index contributed by atoms with van der Waals surface area (Å²) in [5.74, 6) is 0.617. The van der Waals surface area contributed by atoms with E-state index >= 15 is 0 Å². The van der Waals surface area contributed by atoms with Crippen LogP contribution in [0.2, 0.25) is 0 Å². The van der Waals surface area contributed by atoms with Gasteiger partial charge in [-0.05, 0) is 93.0 Å². The highest BCUT2D eigenvalue weighted by molar-refractivity contribution is 5.94. The minimum atomic E-state index is -4.33. The molecule has 3 aromatic rings. The second-order valence-corrected chi connectivity index (χ2v) is 10.3. The Labute approximate surface area is 228 Å². The summed E-state index contributed by atoms with van der Waals surface area (Å²) in [6.45, 7) is 4.08. The number of carbonyl (C=O) groups excluding carboxylic acids is 1. The Morgan fingerprint density at radius 3 is 2.38 bits per heavy atom. The van der Waals surface area contributed by atoms with E-state index in [-0.39, 0.29) is 12.0 Å². The molecule has 0 spiro atoms. The molecule has 0 radical (unpaired) electrons. The van der Waals surface area contributed by atoms with E-state index in [1.807, 2.05) is 50.5 Å². The number of amides is 1. The van der Waals surface area contributed by atoms with Gasteiger partial charge in [-0.15, -0.1) is 0 Å². The Morgan fingerprint density at radius 2 is 1.69 bits per heavy atom. The van der Waals surface area contributed by atoms with Gasteiger partial charge in [0.05, 0.1) is 5.56 Å². The van der Waals surface area contributed by atoms with Crippen LogP contribution < -0.4 is 10.1 Å². The number of hydrogen-bond donors (Lipinski definition) is 1. The van der Waals surface area contributed by atoms with E-state index < -0.39 is 11.7 Å². The average Bonchev–Trinajstić information content (AvgIpc) is 2.92. The number of rotatable bonds is 10. The number of alkyl halides is 3. The molecule has 1 fully saturated rings. The molecular weight excluding hydrogens is 503 g/mol.